The number of hydrogen-bond donors (Lipinski definition) is 1. The molecule has 0 saturated heterocycles. The number of carbonyl (C=O) groups excluding carboxylic acids is 2. The second-order valence-corrected chi connectivity index (χ2v) is 5.59. The molecule has 0 aliphatic carbocycles. The van der Waals surface area contributed by atoms with Gasteiger partial charge in [-0.05, 0) is 42.8 Å². The van der Waals surface area contributed by atoms with E-state index in [2.05, 4.69) is 5.32 Å². The van der Waals surface area contributed by atoms with Crippen LogP contribution in [0.5, 0.6) is 5.75 Å². The summed E-state index contributed by atoms with van der Waals surface area (Å²) in [6.45, 7) is 1.52. The summed E-state index contributed by atoms with van der Waals surface area (Å²) < 4.78 is 10.2. The minimum atomic E-state index is -0.908. The highest BCUT2D eigenvalue weighted by molar-refractivity contribution is 6.30. The standard InChI is InChI=1S/C18H18ClNO4/c1-12(18(22)20-15-5-3-4-14(19)11-15)24-17(21)10-13-6-8-16(23-2)9-7-13/h3-9,11-12H,10H2,1-2H3,(H,20,22)/t12-/m1/s1. The van der Waals surface area contributed by atoms with Crippen molar-refractivity contribution in [1.82, 2.24) is 0 Å². The highest BCUT2D eigenvalue weighted by Gasteiger charge is 2.18. The van der Waals surface area contributed by atoms with Crippen molar-refractivity contribution >= 4 is 29.2 Å². The quantitative estimate of drug-likeness (QED) is 0.813. The number of hydrogen-bond acceptors (Lipinski definition) is 4. The maximum Gasteiger partial charge on any atom is 0.311 e. The van der Waals surface area contributed by atoms with E-state index < -0.39 is 18.0 Å². The van der Waals surface area contributed by atoms with E-state index in [1.165, 1.54) is 6.92 Å². The zero-order valence-electron chi connectivity index (χ0n) is 13.4. The first-order valence-electron chi connectivity index (χ1n) is 7.37. The van der Waals surface area contributed by atoms with Crippen LogP contribution in [0.3, 0.4) is 0 Å². The van der Waals surface area contributed by atoms with Crippen molar-refractivity contribution in [2.75, 3.05) is 12.4 Å². The Hall–Kier alpha value is -2.53. The van der Waals surface area contributed by atoms with Gasteiger partial charge in [0.1, 0.15) is 5.75 Å². The normalized spacial score (nSPS) is 11.5. The molecular weight excluding hydrogens is 330 g/mol. The van der Waals surface area contributed by atoms with Gasteiger partial charge in [-0.15, -0.1) is 0 Å². The number of benzene rings is 2. The van der Waals surface area contributed by atoms with Gasteiger partial charge in [-0.25, -0.2) is 0 Å². The molecule has 2 rings (SSSR count). The highest BCUT2D eigenvalue weighted by atomic mass is 35.5. The fourth-order valence-electron chi connectivity index (χ4n) is 2.01. The smallest absolute Gasteiger partial charge is 0.311 e. The Morgan fingerprint density at radius 1 is 1.17 bits per heavy atom. The molecule has 0 unspecified atom stereocenters. The molecule has 1 atom stereocenters. The van der Waals surface area contributed by atoms with E-state index in [0.29, 0.717) is 16.5 Å². The summed E-state index contributed by atoms with van der Waals surface area (Å²) in [5.41, 5.74) is 1.33. The van der Waals surface area contributed by atoms with Gasteiger partial charge in [0.15, 0.2) is 6.10 Å². The molecule has 0 heterocycles. The van der Waals surface area contributed by atoms with Crippen LogP contribution in [0.1, 0.15) is 12.5 Å². The Bertz CT molecular complexity index is 715. The third kappa shape index (κ3) is 5.28. The first kappa shape index (κ1) is 17.8. The Labute approximate surface area is 145 Å². The summed E-state index contributed by atoms with van der Waals surface area (Å²) in [5, 5.41) is 3.16. The van der Waals surface area contributed by atoms with Gasteiger partial charge in [0.2, 0.25) is 0 Å². The molecular formula is C18H18ClNO4. The maximum absolute atomic E-state index is 12.0. The van der Waals surface area contributed by atoms with E-state index in [4.69, 9.17) is 21.1 Å². The van der Waals surface area contributed by atoms with Crippen LogP contribution in [0.15, 0.2) is 48.5 Å². The van der Waals surface area contributed by atoms with Crippen molar-refractivity contribution in [3.8, 4) is 5.75 Å². The molecule has 126 valence electrons. The van der Waals surface area contributed by atoms with E-state index in [1.807, 2.05) is 0 Å². The molecule has 0 radical (unpaired) electrons. The largest absolute Gasteiger partial charge is 0.497 e. The molecule has 1 amide bonds. The molecule has 0 aliphatic rings. The number of ether oxygens (including phenoxy) is 2. The van der Waals surface area contributed by atoms with Gasteiger partial charge in [-0.1, -0.05) is 29.8 Å². The van der Waals surface area contributed by atoms with Crippen LogP contribution in [0.4, 0.5) is 5.69 Å². The molecule has 0 fully saturated rings. The number of amides is 1. The van der Waals surface area contributed by atoms with Gasteiger partial charge in [0.25, 0.3) is 5.91 Å². The SMILES string of the molecule is COc1ccc(CC(=O)O[C@H](C)C(=O)Nc2cccc(Cl)c2)cc1. The zero-order valence-corrected chi connectivity index (χ0v) is 14.2. The van der Waals surface area contributed by atoms with Crippen LogP contribution in [0.2, 0.25) is 5.02 Å². The molecule has 2 aromatic carbocycles. The van der Waals surface area contributed by atoms with Crippen LogP contribution < -0.4 is 10.1 Å². The van der Waals surface area contributed by atoms with Gasteiger partial charge in [-0.2, -0.15) is 0 Å². The minimum Gasteiger partial charge on any atom is -0.497 e. The first-order valence-corrected chi connectivity index (χ1v) is 7.74. The van der Waals surface area contributed by atoms with Gasteiger partial charge in [0.05, 0.1) is 13.5 Å². The van der Waals surface area contributed by atoms with Crippen molar-refractivity contribution in [2.24, 2.45) is 0 Å². The summed E-state index contributed by atoms with van der Waals surface area (Å²) in [6, 6.07) is 13.8. The molecule has 5 nitrogen and oxygen atoms in total. The van der Waals surface area contributed by atoms with Crippen LogP contribution in [-0.2, 0) is 20.7 Å². The summed E-state index contributed by atoms with van der Waals surface area (Å²) in [7, 11) is 1.57. The molecule has 0 spiro atoms. The lowest BCUT2D eigenvalue weighted by Crippen LogP contribution is -2.30. The third-order valence-corrected chi connectivity index (χ3v) is 3.51. The predicted octanol–water partition coefficient (Wildman–Crippen LogP) is 3.46. The van der Waals surface area contributed by atoms with Gasteiger partial charge in [0, 0.05) is 10.7 Å². The van der Waals surface area contributed by atoms with E-state index in [9.17, 15) is 9.59 Å². The third-order valence-electron chi connectivity index (χ3n) is 3.28. The van der Waals surface area contributed by atoms with E-state index in [1.54, 1.807) is 55.6 Å². The van der Waals surface area contributed by atoms with E-state index in [0.717, 1.165) is 5.56 Å². The number of halogens is 1. The average molecular weight is 348 g/mol. The number of nitrogens with one attached hydrogen (secondary N) is 1. The number of carbonyl (C=O) groups is 2. The molecule has 0 aliphatic heterocycles. The average Bonchev–Trinajstić information content (AvgIpc) is 2.55. The van der Waals surface area contributed by atoms with Crippen molar-refractivity contribution in [1.29, 1.82) is 0 Å². The molecule has 24 heavy (non-hydrogen) atoms. The van der Waals surface area contributed by atoms with Crippen LogP contribution in [-0.4, -0.2) is 25.1 Å². The predicted molar refractivity (Wildman–Crippen MR) is 92.3 cm³/mol. The van der Waals surface area contributed by atoms with Gasteiger partial charge >= 0.3 is 5.97 Å². The Morgan fingerprint density at radius 2 is 1.88 bits per heavy atom. The summed E-state index contributed by atoms with van der Waals surface area (Å²) in [4.78, 5) is 24.0. The minimum absolute atomic E-state index is 0.0821. The van der Waals surface area contributed by atoms with E-state index >= 15 is 0 Å². The van der Waals surface area contributed by atoms with Gasteiger partial charge in [-0.3, -0.25) is 9.59 Å². The second kappa shape index (κ2) is 8.36. The number of anilines is 1. The van der Waals surface area contributed by atoms with Crippen LogP contribution >= 0.6 is 11.6 Å². The molecule has 0 saturated carbocycles. The molecule has 1 N–H and O–H groups in total. The monoisotopic (exact) mass is 347 g/mol. The van der Waals surface area contributed by atoms with Crippen molar-refractivity contribution in [3.05, 3.63) is 59.1 Å². The van der Waals surface area contributed by atoms with Gasteiger partial charge < -0.3 is 14.8 Å². The Balaban J connectivity index is 1.86. The van der Waals surface area contributed by atoms with Crippen LogP contribution in [0.25, 0.3) is 0 Å². The lowest BCUT2D eigenvalue weighted by molar-refractivity contribution is -0.152. The van der Waals surface area contributed by atoms with Crippen molar-refractivity contribution in [3.63, 3.8) is 0 Å². The first-order chi connectivity index (χ1) is 11.5. The zero-order chi connectivity index (χ0) is 17.5. The van der Waals surface area contributed by atoms with Crippen molar-refractivity contribution in [2.45, 2.75) is 19.4 Å². The number of esters is 1. The number of rotatable bonds is 6. The summed E-state index contributed by atoms with van der Waals surface area (Å²) >= 11 is 5.86. The summed E-state index contributed by atoms with van der Waals surface area (Å²) in [6.07, 6.45) is -0.826. The molecule has 0 bridgehead atoms. The fraction of sp³-hybridized carbons (Fsp3) is 0.222. The maximum atomic E-state index is 12.0. The van der Waals surface area contributed by atoms with E-state index in [-0.39, 0.29) is 6.42 Å². The molecule has 6 heteroatoms. The summed E-state index contributed by atoms with van der Waals surface area (Å²) in [5.74, 6) is -0.185. The van der Waals surface area contributed by atoms with Crippen LogP contribution in [0, 0.1) is 0 Å². The lowest BCUT2D eigenvalue weighted by Gasteiger charge is -2.14. The Kier molecular flexibility index (Phi) is 6.21. The number of methoxy groups -OCH3 is 1. The van der Waals surface area contributed by atoms with Crippen molar-refractivity contribution < 1.29 is 19.1 Å². The highest BCUT2D eigenvalue weighted by Crippen LogP contribution is 2.16. The second-order valence-electron chi connectivity index (χ2n) is 5.16. The lowest BCUT2D eigenvalue weighted by atomic mass is 10.1. The topological polar surface area (TPSA) is 64.6 Å². The Morgan fingerprint density at radius 3 is 2.50 bits per heavy atom. The molecule has 0 aromatic heterocycles. The molecule has 2 aromatic rings. The fourth-order valence-corrected chi connectivity index (χ4v) is 2.20.